The van der Waals surface area contributed by atoms with Crippen LogP contribution in [-0.2, 0) is 0 Å². The lowest BCUT2D eigenvalue weighted by molar-refractivity contribution is -0.145. The summed E-state index contributed by atoms with van der Waals surface area (Å²) in [5.74, 6) is 0.650. The number of methoxy groups -OCH3 is 1. The first-order valence-electron chi connectivity index (χ1n) is 5.50. The summed E-state index contributed by atoms with van der Waals surface area (Å²) in [5.41, 5.74) is 0.602. The molecule has 0 bridgehead atoms. The second-order valence-corrected chi connectivity index (χ2v) is 4.09. The van der Waals surface area contributed by atoms with Gasteiger partial charge in [0.25, 0.3) is 0 Å². The third-order valence-corrected chi connectivity index (χ3v) is 3.03. The second kappa shape index (κ2) is 4.47. The van der Waals surface area contributed by atoms with Crippen LogP contribution in [0.1, 0.15) is 12.8 Å². The quantitative estimate of drug-likeness (QED) is 0.793. The SMILES string of the molecule is COc1ccc(N2CCCC2C(F)(F)F)cc1. The standard InChI is InChI=1S/C12H14F3NO/c1-17-10-6-4-9(5-7-10)16-8-2-3-11(16)12(13,14)15/h4-7,11H,2-3,8H2,1H3. The molecule has 1 aromatic rings. The molecule has 94 valence electrons. The first-order chi connectivity index (χ1) is 8.02. The lowest BCUT2D eigenvalue weighted by atomic mass is 10.2. The van der Waals surface area contributed by atoms with Gasteiger partial charge in [-0.25, -0.2) is 0 Å². The van der Waals surface area contributed by atoms with E-state index >= 15 is 0 Å². The Balaban J connectivity index is 2.20. The number of ether oxygens (including phenoxy) is 1. The van der Waals surface area contributed by atoms with Gasteiger partial charge in [-0.15, -0.1) is 0 Å². The summed E-state index contributed by atoms with van der Waals surface area (Å²) in [5, 5.41) is 0. The zero-order valence-corrected chi connectivity index (χ0v) is 9.50. The van der Waals surface area contributed by atoms with Crippen molar-refractivity contribution >= 4 is 5.69 Å². The maximum Gasteiger partial charge on any atom is 0.408 e. The highest BCUT2D eigenvalue weighted by Crippen LogP contribution is 2.36. The van der Waals surface area contributed by atoms with Crippen molar-refractivity contribution in [2.45, 2.75) is 25.1 Å². The van der Waals surface area contributed by atoms with Crippen molar-refractivity contribution in [3.05, 3.63) is 24.3 Å². The lowest BCUT2D eigenvalue weighted by Gasteiger charge is -2.28. The third kappa shape index (κ3) is 2.48. The minimum absolute atomic E-state index is 0.176. The highest BCUT2D eigenvalue weighted by molar-refractivity contribution is 5.51. The highest BCUT2D eigenvalue weighted by atomic mass is 19.4. The van der Waals surface area contributed by atoms with Crippen molar-refractivity contribution in [2.75, 3.05) is 18.6 Å². The van der Waals surface area contributed by atoms with Crippen LogP contribution >= 0.6 is 0 Å². The maximum absolute atomic E-state index is 12.8. The van der Waals surface area contributed by atoms with Crippen molar-refractivity contribution in [1.29, 1.82) is 0 Å². The van der Waals surface area contributed by atoms with E-state index < -0.39 is 12.2 Å². The number of alkyl halides is 3. The molecule has 1 aliphatic rings. The van der Waals surface area contributed by atoms with Crippen LogP contribution < -0.4 is 9.64 Å². The maximum atomic E-state index is 12.8. The number of nitrogens with zero attached hydrogens (tertiary/aromatic N) is 1. The predicted molar refractivity (Wildman–Crippen MR) is 59.4 cm³/mol. The fraction of sp³-hybridized carbons (Fsp3) is 0.500. The molecule has 1 atom stereocenters. The van der Waals surface area contributed by atoms with Crippen LogP contribution in [0.25, 0.3) is 0 Å². The van der Waals surface area contributed by atoms with Gasteiger partial charge in [0.2, 0.25) is 0 Å². The molecule has 0 N–H and O–H groups in total. The summed E-state index contributed by atoms with van der Waals surface area (Å²) in [6, 6.07) is 5.35. The summed E-state index contributed by atoms with van der Waals surface area (Å²) >= 11 is 0. The molecule has 0 aliphatic carbocycles. The van der Waals surface area contributed by atoms with Gasteiger partial charge in [-0.1, -0.05) is 0 Å². The molecule has 5 heteroatoms. The van der Waals surface area contributed by atoms with Crippen LogP contribution in [-0.4, -0.2) is 25.9 Å². The summed E-state index contributed by atoms with van der Waals surface area (Å²) < 4.78 is 43.3. The molecule has 0 aromatic heterocycles. The van der Waals surface area contributed by atoms with Gasteiger partial charge in [0.05, 0.1) is 7.11 Å². The first-order valence-corrected chi connectivity index (χ1v) is 5.50. The number of hydrogen-bond acceptors (Lipinski definition) is 2. The minimum atomic E-state index is -4.16. The highest BCUT2D eigenvalue weighted by Gasteiger charge is 2.45. The zero-order chi connectivity index (χ0) is 12.5. The van der Waals surface area contributed by atoms with Crippen LogP contribution in [0.15, 0.2) is 24.3 Å². The fourth-order valence-electron chi connectivity index (χ4n) is 2.19. The Bertz CT molecular complexity index is 374. The van der Waals surface area contributed by atoms with Crippen molar-refractivity contribution in [3.8, 4) is 5.75 Å². The molecule has 1 saturated heterocycles. The zero-order valence-electron chi connectivity index (χ0n) is 9.50. The Labute approximate surface area is 98.0 Å². The normalized spacial score (nSPS) is 20.7. The van der Waals surface area contributed by atoms with Crippen LogP contribution in [0.3, 0.4) is 0 Å². The van der Waals surface area contributed by atoms with Gasteiger partial charge in [0, 0.05) is 12.2 Å². The molecule has 0 amide bonds. The summed E-state index contributed by atoms with van der Waals surface area (Å²) in [6.07, 6.45) is -3.40. The van der Waals surface area contributed by atoms with E-state index in [2.05, 4.69) is 0 Å². The van der Waals surface area contributed by atoms with Gasteiger partial charge >= 0.3 is 6.18 Å². The van der Waals surface area contributed by atoms with Crippen molar-refractivity contribution in [1.82, 2.24) is 0 Å². The van der Waals surface area contributed by atoms with Crippen molar-refractivity contribution in [3.63, 3.8) is 0 Å². The average Bonchev–Trinajstić information content (AvgIpc) is 2.78. The molecule has 1 heterocycles. The van der Waals surface area contributed by atoms with Gasteiger partial charge in [-0.2, -0.15) is 13.2 Å². The summed E-state index contributed by atoms with van der Waals surface area (Å²) in [7, 11) is 1.53. The topological polar surface area (TPSA) is 12.5 Å². The average molecular weight is 245 g/mol. The van der Waals surface area contributed by atoms with E-state index in [9.17, 15) is 13.2 Å². The van der Waals surface area contributed by atoms with Gasteiger partial charge in [0.15, 0.2) is 0 Å². The van der Waals surface area contributed by atoms with Gasteiger partial charge in [-0.3, -0.25) is 0 Å². The van der Waals surface area contributed by atoms with E-state index in [0.717, 1.165) is 0 Å². The molecule has 1 fully saturated rings. The Kier molecular flexibility index (Phi) is 3.17. The van der Waals surface area contributed by atoms with Gasteiger partial charge in [0.1, 0.15) is 11.8 Å². The van der Waals surface area contributed by atoms with Crippen LogP contribution in [0.4, 0.5) is 18.9 Å². The molecule has 0 saturated carbocycles. The van der Waals surface area contributed by atoms with E-state index in [4.69, 9.17) is 4.74 Å². The number of rotatable bonds is 2. The molecule has 2 rings (SSSR count). The van der Waals surface area contributed by atoms with Gasteiger partial charge in [-0.05, 0) is 37.1 Å². The number of halogens is 3. The Morgan fingerprint density at radius 2 is 1.88 bits per heavy atom. The number of benzene rings is 1. The monoisotopic (exact) mass is 245 g/mol. The van der Waals surface area contributed by atoms with E-state index in [1.54, 1.807) is 24.3 Å². The molecule has 0 spiro atoms. The Morgan fingerprint density at radius 1 is 1.24 bits per heavy atom. The molecule has 0 radical (unpaired) electrons. The Morgan fingerprint density at radius 3 is 2.41 bits per heavy atom. The van der Waals surface area contributed by atoms with Crippen LogP contribution in [0.2, 0.25) is 0 Å². The van der Waals surface area contributed by atoms with Crippen molar-refractivity contribution < 1.29 is 17.9 Å². The third-order valence-electron chi connectivity index (χ3n) is 3.03. The first kappa shape index (κ1) is 12.1. The van der Waals surface area contributed by atoms with Gasteiger partial charge < -0.3 is 9.64 Å². The Hall–Kier alpha value is -1.39. The van der Waals surface area contributed by atoms with E-state index in [-0.39, 0.29) is 6.42 Å². The van der Waals surface area contributed by atoms with E-state index in [0.29, 0.717) is 24.4 Å². The predicted octanol–water partition coefficient (Wildman–Crippen LogP) is 3.23. The van der Waals surface area contributed by atoms with Crippen molar-refractivity contribution in [2.24, 2.45) is 0 Å². The minimum Gasteiger partial charge on any atom is -0.497 e. The molecule has 2 nitrogen and oxygen atoms in total. The largest absolute Gasteiger partial charge is 0.497 e. The molecule has 1 aliphatic heterocycles. The molecule has 1 aromatic carbocycles. The fourth-order valence-corrected chi connectivity index (χ4v) is 2.19. The second-order valence-electron chi connectivity index (χ2n) is 4.09. The molecular formula is C12H14F3NO. The molecule has 1 unspecified atom stereocenters. The van der Waals surface area contributed by atoms with Crippen LogP contribution in [0, 0.1) is 0 Å². The molecule has 17 heavy (non-hydrogen) atoms. The molecular weight excluding hydrogens is 231 g/mol. The number of anilines is 1. The summed E-state index contributed by atoms with van der Waals surface area (Å²) in [4.78, 5) is 1.42. The van der Waals surface area contributed by atoms with E-state index in [1.807, 2.05) is 0 Å². The van der Waals surface area contributed by atoms with E-state index in [1.165, 1.54) is 12.0 Å². The van der Waals surface area contributed by atoms with Crippen LogP contribution in [0.5, 0.6) is 5.75 Å². The smallest absolute Gasteiger partial charge is 0.408 e. The summed E-state index contributed by atoms with van der Waals surface area (Å²) in [6.45, 7) is 0.455. The number of hydrogen-bond donors (Lipinski definition) is 0. The lowest BCUT2D eigenvalue weighted by Crippen LogP contribution is -2.41.